The number of allylic oxidation sites excluding steroid dienone is 1. The molecule has 7 nitrogen and oxygen atoms in total. The van der Waals surface area contributed by atoms with Crippen LogP contribution in [0.1, 0.15) is 11.4 Å². The molecule has 0 spiro atoms. The molecule has 4 aromatic rings. The Morgan fingerprint density at radius 2 is 1.80 bits per heavy atom. The van der Waals surface area contributed by atoms with Crippen LogP contribution in [0.5, 0.6) is 0 Å². The van der Waals surface area contributed by atoms with Crippen LogP contribution in [0.4, 0.5) is 5.95 Å². The zero-order chi connectivity index (χ0) is 20.3. The first-order chi connectivity index (χ1) is 14.8. The van der Waals surface area contributed by atoms with Gasteiger partial charge in [0, 0.05) is 35.8 Å². The van der Waals surface area contributed by atoms with Gasteiger partial charge in [-0.2, -0.15) is 5.26 Å². The van der Waals surface area contributed by atoms with Crippen LogP contribution in [-0.2, 0) is 4.74 Å². The van der Waals surface area contributed by atoms with Crippen molar-refractivity contribution in [2.45, 2.75) is 0 Å². The summed E-state index contributed by atoms with van der Waals surface area (Å²) in [6, 6.07) is 20.3. The van der Waals surface area contributed by atoms with Gasteiger partial charge in [-0.3, -0.25) is 4.57 Å². The smallest absolute Gasteiger partial charge is 0.232 e. The molecular formula is C23H20N6O. The number of benzene rings is 2. The summed E-state index contributed by atoms with van der Waals surface area (Å²) in [5.41, 5.74) is 3.34. The van der Waals surface area contributed by atoms with E-state index >= 15 is 0 Å². The van der Waals surface area contributed by atoms with Crippen molar-refractivity contribution >= 4 is 28.5 Å². The van der Waals surface area contributed by atoms with Crippen LogP contribution in [0.25, 0.3) is 28.2 Å². The number of hydrogen-bond donors (Lipinski definition) is 1. The van der Waals surface area contributed by atoms with E-state index < -0.39 is 0 Å². The van der Waals surface area contributed by atoms with Gasteiger partial charge in [-0.05, 0) is 24.3 Å². The molecule has 0 unspecified atom stereocenters. The van der Waals surface area contributed by atoms with E-state index in [1.807, 2.05) is 71.4 Å². The molecule has 7 heteroatoms. The maximum Gasteiger partial charge on any atom is 0.232 e. The minimum Gasteiger partial charge on any atom is -0.378 e. The van der Waals surface area contributed by atoms with Crippen molar-refractivity contribution in [1.29, 1.82) is 5.26 Å². The first-order valence-corrected chi connectivity index (χ1v) is 9.87. The standard InChI is InChI=1S/C23H20N6O/c24-15-17(14-18-16-25-21-9-5-4-8-20(18)21)22-26-27-23(28-10-12-30-13-11-28)29(22)19-6-2-1-3-7-19/h1-9,14,16,25H,10-13H2. The van der Waals surface area contributed by atoms with Crippen molar-refractivity contribution in [3.05, 3.63) is 72.2 Å². The summed E-state index contributed by atoms with van der Waals surface area (Å²) < 4.78 is 7.44. The number of rotatable bonds is 4. The number of nitrogens with zero attached hydrogens (tertiary/aromatic N) is 5. The summed E-state index contributed by atoms with van der Waals surface area (Å²) >= 11 is 0. The number of hydrogen-bond acceptors (Lipinski definition) is 5. The number of aromatic amines is 1. The molecule has 0 bridgehead atoms. The zero-order valence-electron chi connectivity index (χ0n) is 16.3. The van der Waals surface area contributed by atoms with Crippen LogP contribution >= 0.6 is 0 Å². The number of ether oxygens (including phenoxy) is 1. The van der Waals surface area contributed by atoms with E-state index in [0.29, 0.717) is 24.6 Å². The lowest BCUT2D eigenvalue weighted by atomic mass is 10.1. The molecule has 0 atom stereocenters. The van der Waals surface area contributed by atoms with E-state index in [-0.39, 0.29) is 0 Å². The number of anilines is 1. The van der Waals surface area contributed by atoms with Crippen LogP contribution in [0, 0.1) is 11.3 Å². The van der Waals surface area contributed by atoms with Crippen molar-refractivity contribution in [1.82, 2.24) is 19.7 Å². The van der Waals surface area contributed by atoms with E-state index in [0.717, 1.165) is 41.2 Å². The van der Waals surface area contributed by atoms with Gasteiger partial charge in [0.15, 0.2) is 5.82 Å². The lowest BCUT2D eigenvalue weighted by Crippen LogP contribution is -2.38. The summed E-state index contributed by atoms with van der Waals surface area (Å²) in [4.78, 5) is 5.40. The van der Waals surface area contributed by atoms with Crippen LogP contribution in [0.15, 0.2) is 60.8 Å². The van der Waals surface area contributed by atoms with Gasteiger partial charge >= 0.3 is 0 Å². The van der Waals surface area contributed by atoms with Gasteiger partial charge in [0.1, 0.15) is 6.07 Å². The molecule has 2 aromatic carbocycles. The third-order valence-corrected chi connectivity index (χ3v) is 5.24. The number of aromatic nitrogens is 4. The summed E-state index contributed by atoms with van der Waals surface area (Å²) in [6.45, 7) is 2.76. The fourth-order valence-electron chi connectivity index (χ4n) is 3.75. The molecule has 1 N–H and O–H groups in total. The minimum atomic E-state index is 0.454. The van der Waals surface area contributed by atoms with E-state index in [1.54, 1.807) is 0 Å². The predicted octanol–water partition coefficient (Wildman–Crippen LogP) is 3.65. The molecule has 0 amide bonds. The Morgan fingerprint density at radius 1 is 1.03 bits per heavy atom. The second-order valence-corrected chi connectivity index (χ2v) is 7.05. The Kier molecular flexibility index (Phi) is 4.75. The molecule has 5 rings (SSSR count). The molecule has 1 aliphatic heterocycles. The Bertz CT molecular complexity index is 1240. The first-order valence-electron chi connectivity index (χ1n) is 9.87. The summed E-state index contributed by atoms with van der Waals surface area (Å²) in [5.74, 6) is 1.25. The number of nitriles is 1. The van der Waals surface area contributed by atoms with Gasteiger partial charge in [-0.1, -0.05) is 36.4 Å². The Labute approximate surface area is 173 Å². The molecular weight excluding hydrogens is 376 g/mol. The average Bonchev–Trinajstić information content (AvgIpc) is 3.43. The van der Waals surface area contributed by atoms with E-state index in [9.17, 15) is 5.26 Å². The minimum absolute atomic E-state index is 0.454. The fraction of sp³-hybridized carbons (Fsp3) is 0.174. The van der Waals surface area contributed by atoms with E-state index in [4.69, 9.17) is 4.74 Å². The third kappa shape index (κ3) is 3.23. The van der Waals surface area contributed by atoms with Crippen molar-refractivity contribution in [3.63, 3.8) is 0 Å². The Balaban J connectivity index is 1.65. The Morgan fingerprint density at radius 3 is 2.60 bits per heavy atom. The molecule has 3 heterocycles. The quantitative estimate of drug-likeness (QED) is 0.533. The normalized spacial score (nSPS) is 14.8. The highest BCUT2D eigenvalue weighted by Gasteiger charge is 2.23. The van der Waals surface area contributed by atoms with E-state index in [2.05, 4.69) is 26.2 Å². The van der Waals surface area contributed by atoms with Crippen LogP contribution in [0.2, 0.25) is 0 Å². The SMILES string of the molecule is N#CC(=Cc1c[nH]c2ccccc12)c1nnc(N2CCOCC2)n1-c1ccccc1. The summed E-state index contributed by atoms with van der Waals surface area (Å²) in [6.07, 6.45) is 3.78. The molecule has 1 fully saturated rings. The largest absolute Gasteiger partial charge is 0.378 e. The molecule has 30 heavy (non-hydrogen) atoms. The van der Waals surface area contributed by atoms with Crippen LogP contribution < -0.4 is 4.90 Å². The molecule has 2 aromatic heterocycles. The first kappa shape index (κ1) is 18.2. The van der Waals surface area contributed by atoms with Gasteiger partial charge < -0.3 is 14.6 Å². The monoisotopic (exact) mass is 396 g/mol. The summed E-state index contributed by atoms with van der Waals surface area (Å²) in [7, 11) is 0. The highest BCUT2D eigenvalue weighted by Crippen LogP contribution is 2.28. The van der Waals surface area contributed by atoms with Crippen molar-refractivity contribution in [2.24, 2.45) is 0 Å². The predicted molar refractivity (Wildman–Crippen MR) is 116 cm³/mol. The van der Waals surface area contributed by atoms with Crippen LogP contribution in [-0.4, -0.2) is 46.1 Å². The van der Waals surface area contributed by atoms with Crippen molar-refractivity contribution < 1.29 is 4.74 Å². The van der Waals surface area contributed by atoms with Gasteiger partial charge in [0.05, 0.1) is 24.5 Å². The highest BCUT2D eigenvalue weighted by molar-refractivity contribution is 5.97. The van der Waals surface area contributed by atoms with Gasteiger partial charge in [0.2, 0.25) is 5.95 Å². The zero-order valence-corrected chi connectivity index (χ0v) is 16.3. The second-order valence-electron chi connectivity index (χ2n) is 7.05. The van der Waals surface area contributed by atoms with Crippen molar-refractivity contribution in [3.8, 4) is 11.8 Å². The average molecular weight is 396 g/mol. The highest BCUT2D eigenvalue weighted by atomic mass is 16.5. The lowest BCUT2D eigenvalue weighted by Gasteiger charge is -2.28. The lowest BCUT2D eigenvalue weighted by molar-refractivity contribution is 0.122. The maximum atomic E-state index is 10.00. The topological polar surface area (TPSA) is 82.8 Å². The second kappa shape index (κ2) is 7.85. The van der Waals surface area contributed by atoms with Crippen LogP contribution in [0.3, 0.4) is 0 Å². The number of fused-ring (bicyclic) bond motifs is 1. The van der Waals surface area contributed by atoms with Crippen molar-refractivity contribution in [2.75, 3.05) is 31.2 Å². The maximum absolute atomic E-state index is 10.00. The molecule has 1 aliphatic rings. The molecule has 0 saturated carbocycles. The Hall–Kier alpha value is -3.89. The molecule has 1 saturated heterocycles. The third-order valence-electron chi connectivity index (χ3n) is 5.24. The number of para-hydroxylation sites is 2. The van der Waals surface area contributed by atoms with Gasteiger partial charge in [0.25, 0.3) is 0 Å². The number of nitrogens with one attached hydrogen (secondary N) is 1. The molecule has 0 radical (unpaired) electrons. The van der Waals surface area contributed by atoms with Gasteiger partial charge in [-0.25, -0.2) is 0 Å². The van der Waals surface area contributed by atoms with E-state index in [1.165, 1.54) is 0 Å². The summed E-state index contributed by atoms with van der Waals surface area (Å²) in [5, 5.41) is 19.9. The fourth-order valence-corrected chi connectivity index (χ4v) is 3.75. The van der Waals surface area contributed by atoms with Gasteiger partial charge in [-0.15, -0.1) is 10.2 Å². The number of morpholine rings is 1. The molecule has 0 aliphatic carbocycles. The molecule has 148 valence electrons. The number of H-pyrrole nitrogens is 1.